The van der Waals surface area contributed by atoms with Crippen molar-refractivity contribution in [1.82, 2.24) is 15.6 Å². The number of rotatable bonds is 6. The molecule has 3 aromatic carbocycles. The van der Waals surface area contributed by atoms with Gasteiger partial charge < -0.3 is 4.74 Å². The molecule has 0 saturated heterocycles. The number of hydrogen-bond acceptors (Lipinski definition) is 4. The van der Waals surface area contributed by atoms with Crippen molar-refractivity contribution >= 4 is 22.4 Å². The lowest BCUT2D eigenvalue weighted by atomic mass is 10.0. The highest BCUT2D eigenvalue weighted by Crippen LogP contribution is 2.21. The Morgan fingerprint density at radius 2 is 1.80 bits per heavy atom. The van der Waals surface area contributed by atoms with Crippen LogP contribution < -0.4 is 10.2 Å². The van der Waals surface area contributed by atoms with Crippen molar-refractivity contribution in [3.63, 3.8) is 0 Å². The fourth-order valence-corrected chi connectivity index (χ4v) is 3.15. The average molecular weight is 398 g/mol. The summed E-state index contributed by atoms with van der Waals surface area (Å²) in [6.45, 7) is 4.42. The van der Waals surface area contributed by atoms with Crippen LogP contribution in [-0.2, 0) is 0 Å². The molecule has 0 atom stereocenters. The van der Waals surface area contributed by atoms with Crippen LogP contribution in [0.2, 0.25) is 0 Å². The smallest absolute Gasteiger partial charge is 0.289 e. The van der Waals surface area contributed by atoms with Crippen LogP contribution in [0.1, 0.15) is 29.9 Å². The summed E-state index contributed by atoms with van der Waals surface area (Å²) in [6, 6.07) is 23.5. The number of benzene rings is 3. The number of aromatic amines is 1. The number of ether oxygens (including phenoxy) is 1. The lowest BCUT2D eigenvalue weighted by Crippen LogP contribution is -2.19. The number of H-pyrrole nitrogens is 1. The number of amides is 1. The van der Waals surface area contributed by atoms with Gasteiger partial charge in [0.2, 0.25) is 0 Å². The van der Waals surface area contributed by atoms with E-state index in [0.29, 0.717) is 18.0 Å². The van der Waals surface area contributed by atoms with Crippen molar-refractivity contribution in [2.24, 2.45) is 5.10 Å². The van der Waals surface area contributed by atoms with Crippen LogP contribution in [0.5, 0.6) is 5.75 Å². The van der Waals surface area contributed by atoms with Gasteiger partial charge in [-0.15, -0.1) is 0 Å². The van der Waals surface area contributed by atoms with E-state index in [1.165, 1.54) is 0 Å². The van der Waals surface area contributed by atoms with Gasteiger partial charge in [-0.3, -0.25) is 9.89 Å². The lowest BCUT2D eigenvalue weighted by molar-refractivity contribution is 0.0950. The molecule has 6 heteroatoms. The quantitative estimate of drug-likeness (QED) is 0.362. The summed E-state index contributed by atoms with van der Waals surface area (Å²) in [4.78, 5) is 12.5. The highest BCUT2D eigenvalue weighted by Gasteiger charge is 2.11. The maximum atomic E-state index is 12.5. The van der Waals surface area contributed by atoms with E-state index in [1.54, 1.807) is 6.07 Å². The normalized spacial score (nSPS) is 11.5. The second kappa shape index (κ2) is 8.61. The summed E-state index contributed by atoms with van der Waals surface area (Å²) in [6.07, 6.45) is 0. The number of carbonyl (C=O) groups is 1. The molecule has 1 aromatic heterocycles. The molecule has 0 saturated carbocycles. The zero-order valence-corrected chi connectivity index (χ0v) is 16.8. The minimum absolute atomic E-state index is 0.342. The van der Waals surface area contributed by atoms with Crippen molar-refractivity contribution in [2.75, 3.05) is 6.61 Å². The van der Waals surface area contributed by atoms with E-state index in [1.807, 2.05) is 62.4 Å². The van der Waals surface area contributed by atoms with Gasteiger partial charge in [0.1, 0.15) is 11.4 Å². The molecule has 30 heavy (non-hydrogen) atoms. The first-order valence-corrected chi connectivity index (χ1v) is 9.76. The van der Waals surface area contributed by atoms with Gasteiger partial charge in [-0.2, -0.15) is 10.2 Å². The van der Waals surface area contributed by atoms with Crippen molar-refractivity contribution in [3.8, 4) is 17.0 Å². The lowest BCUT2D eigenvalue weighted by Gasteiger charge is -2.04. The van der Waals surface area contributed by atoms with Crippen molar-refractivity contribution in [1.29, 1.82) is 0 Å². The Morgan fingerprint density at radius 3 is 2.57 bits per heavy atom. The van der Waals surface area contributed by atoms with Gasteiger partial charge in [-0.1, -0.05) is 36.4 Å². The second-order valence-corrected chi connectivity index (χ2v) is 6.82. The van der Waals surface area contributed by atoms with Crippen LogP contribution in [0, 0.1) is 0 Å². The molecule has 0 radical (unpaired) electrons. The third-order valence-electron chi connectivity index (χ3n) is 4.78. The summed E-state index contributed by atoms with van der Waals surface area (Å²) < 4.78 is 5.45. The molecular formula is C24H22N4O2. The number of nitrogens with zero attached hydrogens (tertiary/aromatic N) is 2. The molecule has 0 unspecified atom stereocenters. The molecule has 6 nitrogen and oxygen atoms in total. The minimum Gasteiger partial charge on any atom is -0.494 e. The Hall–Kier alpha value is -3.93. The van der Waals surface area contributed by atoms with E-state index in [0.717, 1.165) is 33.4 Å². The van der Waals surface area contributed by atoms with E-state index in [-0.39, 0.29) is 5.91 Å². The van der Waals surface area contributed by atoms with E-state index in [4.69, 9.17) is 4.74 Å². The Balaban J connectivity index is 1.45. The molecule has 1 amide bonds. The number of hydrazone groups is 1. The summed E-state index contributed by atoms with van der Waals surface area (Å²) in [5.74, 6) is 0.452. The molecular weight excluding hydrogens is 376 g/mol. The van der Waals surface area contributed by atoms with Crippen LogP contribution in [-0.4, -0.2) is 28.4 Å². The number of hydrogen-bond donors (Lipinski definition) is 2. The third-order valence-corrected chi connectivity index (χ3v) is 4.78. The number of nitrogens with one attached hydrogen (secondary N) is 2. The highest BCUT2D eigenvalue weighted by atomic mass is 16.5. The zero-order valence-electron chi connectivity index (χ0n) is 16.8. The molecule has 0 aliphatic carbocycles. The molecule has 0 bridgehead atoms. The van der Waals surface area contributed by atoms with Crippen LogP contribution in [0.3, 0.4) is 0 Å². The van der Waals surface area contributed by atoms with Gasteiger partial charge in [-0.25, -0.2) is 5.43 Å². The van der Waals surface area contributed by atoms with Gasteiger partial charge in [0.05, 0.1) is 18.0 Å². The first-order valence-electron chi connectivity index (χ1n) is 9.76. The molecule has 4 aromatic rings. The van der Waals surface area contributed by atoms with E-state index in [9.17, 15) is 4.79 Å². The maximum absolute atomic E-state index is 12.5. The fourth-order valence-electron chi connectivity index (χ4n) is 3.15. The van der Waals surface area contributed by atoms with E-state index < -0.39 is 0 Å². The van der Waals surface area contributed by atoms with Gasteiger partial charge in [0.25, 0.3) is 5.91 Å². The third kappa shape index (κ3) is 4.22. The first kappa shape index (κ1) is 19.4. The molecule has 0 fully saturated rings. The number of fused-ring (bicyclic) bond motifs is 1. The molecule has 0 aliphatic heterocycles. The summed E-state index contributed by atoms with van der Waals surface area (Å²) in [5, 5.41) is 13.5. The van der Waals surface area contributed by atoms with Crippen LogP contribution in [0.25, 0.3) is 22.0 Å². The Bertz CT molecular complexity index is 1210. The summed E-state index contributed by atoms with van der Waals surface area (Å²) in [7, 11) is 0. The molecule has 1 heterocycles. The fraction of sp³-hybridized carbons (Fsp3) is 0.125. The molecule has 4 rings (SSSR count). The monoisotopic (exact) mass is 398 g/mol. The Labute approximate surface area is 174 Å². The van der Waals surface area contributed by atoms with E-state index in [2.05, 4.69) is 38.9 Å². The molecule has 2 N–H and O–H groups in total. The topological polar surface area (TPSA) is 79.4 Å². The molecule has 150 valence electrons. The van der Waals surface area contributed by atoms with Crippen molar-refractivity contribution in [3.05, 3.63) is 84.1 Å². The molecule has 0 spiro atoms. The van der Waals surface area contributed by atoms with Crippen LogP contribution in [0.15, 0.2) is 77.9 Å². The van der Waals surface area contributed by atoms with Crippen molar-refractivity contribution in [2.45, 2.75) is 13.8 Å². The average Bonchev–Trinajstić information content (AvgIpc) is 3.28. The molecule has 0 aliphatic rings. The predicted octanol–water partition coefficient (Wildman–Crippen LogP) is 4.78. The zero-order chi connectivity index (χ0) is 20.9. The predicted molar refractivity (Wildman–Crippen MR) is 119 cm³/mol. The summed E-state index contributed by atoms with van der Waals surface area (Å²) >= 11 is 0. The van der Waals surface area contributed by atoms with Gasteiger partial charge in [0.15, 0.2) is 0 Å². The summed E-state index contributed by atoms with van der Waals surface area (Å²) in [5.41, 5.74) is 6.18. The Kier molecular flexibility index (Phi) is 5.57. The first-order chi connectivity index (χ1) is 14.6. The maximum Gasteiger partial charge on any atom is 0.289 e. The van der Waals surface area contributed by atoms with Crippen molar-refractivity contribution < 1.29 is 9.53 Å². The van der Waals surface area contributed by atoms with Crippen LogP contribution in [0.4, 0.5) is 0 Å². The van der Waals surface area contributed by atoms with Gasteiger partial charge in [-0.05, 0) is 66.6 Å². The van der Waals surface area contributed by atoms with Gasteiger partial charge >= 0.3 is 0 Å². The van der Waals surface area contributed by atoms with Gasteiger partial charge in [0, 0.05) is 5.56 Å². The van der Waals surface area contributed by atoms with Crippen LogP contribution >= 0.6 is 0 Å². The number of carbonyl (C=O) groups excluding carboxylic acids is 1. The largest absolute Gasteiger partial charge is 0.494 e. The second-order valence-electron chi connectivity index (χ2n) is 6.82. The standard InChI is InChI=1S/C24H22N4O2/c1-3-30-21-12-10-18(11-13-21)22-15-23(27-26-22)24(29)28-25-16(2)19-9-8-17-6-4-5-7-20(17)14-19/h4-15H,3H2,1-2H3,(H,26,27)(H,28,29)/b25-16-. The minimum atomic E-state index is -0.347. The SMILES string of the molecule is CCOc1ccc(-c2cc(C(=O)N/N=C(/C)c3ccc4ccccc4c3)[nH]n2)cc1. The number of aromatic nitrogens is 2. The van der Waals surface area contributed by atoms with E-state index >= 15 is 0 Å². The highest BCUT2D eigenvalue weighted by molar-refractivity contribution is 6.03. The Morgan fingerprint density at radius 1 is 1.03 bits per heavy atom.